The zero-order valence-electron chi connectivity index (χ0n) is 10.4. The summed E-state index contributed by atoms with van der Waals surface area (Å²) in [7, 11) is 1.62. The van der Waals surface area contributed by atoms with Gasteiger partial charge in [0.1, 0.15) is 5.75 Å². The first-order valence-electron chi connectivity index (χ1n) is 5.78. The van der Waals surface area contributed by atoms with Crippen molar-refractivity contribution in [2.75, 3.05) is 12.4 Å². The molecule has 0 saturated carbocycles. The van der Waals surface area contributed by atoms with E-state index >= 15 is 0 Å². The number of unbranched alkanes of at least 4 members (excludes halogenated alkanes) is 2. The molecule has 0 bridgehead atoms. The summed E-state index contributed by atoms with van der Waals surface area (Å²) in [6.45, 7) is 0.295. The van der Waals surface area contributed by atoms with Crippen LogP contribution >= 0.6 is 22.3 Å². The van der Waals surface area contributed by atoms with E-state index in [4.69, 9.17) is 27.0 Å². The van der Waals surface area contributed by atoms with E-state index in [2.05, 4.69) is 0 Å². The Morgan fingerprint density at radius 1 is 1.25 bits per heavy atom. The maximum Gasteiger partial charge on any atom is 0.273 e. The van der Waals surface area contributed by atoms with Gasteiger partial charge in [0.15, 0.2) is 0 Å². The molecule has 0 fully saturated rings. The largest absolute Gasteiger partial charge is 0.492 e. The molecule has 0 aliphatic heterocycles. The molecule has 0 aromatic heterocycles. The number of benzene rings is 1. The van der Waals surface area contributed by atoms with Crippen LogP contribution in [-0.2, 0) is 9.05 Å². The second-order valence-corrected chi connectivity index (χ2v) is 7.33. The van der Waals surface area contributed by atoms with E-state index in [1.54, 1.807) is 0 Å². The minimum atomic E-state index is -3.45. The molecular formula is C11H13Cl2NO5S. The number of hydrogen-bond donors (Lipinski definition) is 0. The highest BCUT2D eigenvalue weighted by molar-refractivity contribution is 8.13. The van der Waals surface area contributed by atoms with Crippen LogP contribution in [-0.4, -0.2) is 25.7 Å². The summed E-state index contributed by atoms with van der Waals surface area (Å²) < 4.78 is 26.7. The molecule has 9 heteroatoms. The first-order chi connectivity index (χ1) is 9.29. The zero-order chi connectivity index (χ0) is 15.2. The second kappa shape index (κ2) is 7.66. The Morgan fingerprint density at radius 3 is 2.55 bits per heavy atom. The van der Waals surface area contributed by atoms with Gasteiger partial charge in [0.2, 0.25) is 9.05 Å². The highest BCUT2D eigenvalue weighted by Crippen LogP contribution is 2.28. The molecule has 6 nitrogen and oxygen atoms in total. The highest BCUT2D eigenvalue weighted by Gasteiger charge is 2.10. The number of rotatable bonds is 8. The molecule has 0 spiro atoms. The van der Waals surface area contributed by atoms with Crippen LogP contribution in [0.5, 0.6) is 5.75 Å². The van der Waals surface area contributed by atoms with Crippen LogP contribution < -0.4 is 4.74 Å². The Morgan fingerprint density at radius 2 is 1.95 bits per heavy atom. The minimum Gasteiger partial charge on any atom is -0.492 e. The molecule has 1 rings (SSSR count). The topological polar surface area (TPSA) is 86.5 Å². The Kier molecular flexibility index (Phi) is 6.51. The smallest absolute Gasteiger partial charge is 0.273 e. The normalized spacial score (nSPS) is 11.3. The fourth-order valence-electron chi connectivity index (χ4n) is 1.45. The number of hydrogen-bond acceptors (Lipinski definition) is 5. The van der Waals surface area contributed by atoms with Crippen molar-refractivity contribution in [3.63, 3.8) is 0 Å². The first kappa shape index (κ1) is 17.0. The average molecular weight is 342 g/mol. The van der Waals surface area contributed by atoms with Crippen LogP contribution in [0, 0.1) is 10.1 Å². The fourth-order valence-corrected chi connectivity index (χ4v) is 2.50. The molecule has 0 amide bonds. The Hall–Kier alpha value is -1.05. The Labute approximate surface area is 126 Å². The molecular weight excluding hydrogens is 329 g/mol. The van der Waals surface area contributed by atoms with Crippen molar-refractivity contribution in [1.82, 2.24) is 0 Å². The van der Waals surface area contributed by atoms with Gasteiger partial charge in [0.25, 0.3) is 5.69 Å². The summed E-state index contributed by atoms with van der Waals surface area (Å²) in [6, 6.07) is 3.95. The molecule has 112 valence electrons. The van der Waals surface area contributed by atoms with E-state index in [0.717, 1.165) is 0 Å². The first-order valence-corrected chi connectivity index (χ1v) is 8.64. The van der Waals surface area contributed by atoms with Gasteiger partial charge in [0.05, 0.1) is 28.4 Å². The lowest BCUT2D eigenvalue weighted by Crippen LogP contribution is -2.01. The summed E-state index contributed by atoms with van der Waals surface area (Å²) in [5, 5.41) is 10.9. The second-order valence-electron chi connectivity index (χ2n) is 4.02. The van der Waals surface area contributed by atoms with E-state index < -0.39 is 14.0 Å². The molecule has 0 saturated heterocycles. The van der Waals surface area contributed by atoms with Gasteiger partial charge < -0.3 is 4.74 Å². The van der Waals surface area contributed by atoms with Crippen molar-refractivity contribution in [2.45, 2.75) is 19.3 Å². The molecule has 0 N–H and O–H groups in total. The summed E-state index contributed by atoms with van der Waals surface area (Å²) >= 11 is 5.86. The van der Waals surface area contributed by atoms with Crippen LogP contribution in [0.2, 0.25) is 5.02 Å². The molecule has 0 unspecified atom stereocenters. The van der Waals surface area contributed by atoms with Gasteiger partial charge in [0, 0.05) is 16.7 Å². The maximum absolute atomic E-state index is 10.7. The van der Waals surface area contributed by atoms with Crippen molar-refractivity contribution in [2.24, 2.45) is 0 Å². The summed E-state index contributed by atoms with van der Waals surface area (Å²) in [5.74, 6) is 0.164. The number of nitrogens with zero attached hydrogens (tertiary/aromatic N) is 1. The predicted molar refractivity (Wildman–Crippen MR) is 77.1 cm³/mol. The number of non-ortho nitro benzene ring substituents is 1. The van der Waals surface area contributed by atoms with Gasteiger partial charge >= 0.3 is 0 Å². The quantitative estimate of drug-likeness (QED) is 0.313. The molecule has 0 aliphatic carbocycles. The summed E-state index contributed by atoms with van der Waals surface area (Å²) in [5.41, 5.74) is -0.0994. The lowest BCUT2D eigenvalue weighted by atomic mass is 10.2. The molecule has 0 radical (unpaired) electrons. The van der Waals surface area contributed by atoms with Gasteiger partial charge in [-0.3, -0.25) is 10.1 Å². The standard InChI is InChI=1S/C11H13Cl2NO5S/c12-10-5-4-9(14(15)16)8-11(10)19-6-2-1-3-7-20(13,17)18/h4-5,8H,1-3,6-7H2. The highest BCUT2D eigenvalue weighted by atomic mass is 35.7. The van der Waals surface area contributed by atoms with Gasteiger partial charge in [-0.25, -0.2) is 8.42 Å². The van der Waals surface area contributed by atoms with Gasteiger partial charge in [-0.2, -0.15) is 0 Å². The van der Waals surface area contributed by atoms with Crippen LogP contribution in [0.1, 0.15) is 19.3 Å². The van der Waals surface area contributed by atoms with Crippen LogP contribution in [0.15, 0.2) is 18.2 Å². The van der Waals surface area contributed by atoms with E-state index in [1.165, 1.54) is 18.2 Å². The molecule has 0 heterocycles. The zero-order valence-corrected chi connectivity index (χ0v) is 12.7. The molecule has 20 heavy (non-hydrogen) atoms. The molecule has 0 atom stereocenters. The third kappa shape index (κ3) is 6.40. The third-order valence-electron chi connectivity index (χ3n) is 2.42. The van der Waals surface area contributed by atoms with E-state index in [-0.39, 0.29) is 17.2 Å². The summed E-state index contributed by atoms with van der Waals surface area (Å²) in [6.07, 6.45) is 1.67. The Balaban J connectivity index is 2.38. The van der Waals surface area contributed by atoms with E-state index in [1.807, 2.05) is 0 Å². The van der Waals surface area contributed by atoms with Crippen LogP contribution in [0.3, 0.4) is 0 Å². The number of ether oxygens (including phenoxy) is 1. The fraction of sp³-hybridized carbons (Fsp3) is 0.455. The van der Waals surface area contributed by atoms with Gasteiger partial charge in [-0.05, 0) is 25.3 Å². The lowest BCUT2D eigenvalue weighted by molar-refractivity contribution is -0.384. The molecule has 1 aromatic rings. The van der Waals surface area contributed by atoms with E-state index in [0.29, 0.717) is 30.9 Å². The summed E-state index contributed by atoms with van der Waals surface area (Å²) in [4.78, 5) is 10.1. The number of nitro groups is 1. The Bertz CT molecular complexity index is 576. The van der Waals surface area contributed by atoms with Gasteiger partial charge in [-0.15, -0.1) is 0 Å². The molecule has 0 aliphatic rings. The van der Waals surface area contributed by atoms with E-state index in [9.17, 15) is 18.5 Å². The average Bonchev–Trinajstić information content (AvgIpc) is 2.34. The van der Waals surface area contributed by atoms with Crippen molar-refractivity contribution in [3.8, 4) is 5.75 Å². The van der Waals surface area contributed by atoms with Crippen LogP contribution in [0.4, 0.5) is 5.69 Å². The maximum atomic E-state index is 10.7. The van der Waals surface area contributed by atoms with Crippen molar-refractivity contribution < 1.29 is 18.1 Å². The lowest BCUT2D eigenvalue weighted by Gasteiger charge is -2.07. The monoisotopic (exact) mass is 341 g/mol. The molecule has 1 aromatic carbocycles. The SMILES string of the molecule is O=[N+]([O-])c1ccc(Cl)c(OCCCCCS(=O)(=O)Cl)c1. The minimum absolute atomic E-state index is 0.0773. The number of nitro benzene ring substituents is 1. The third-order valence-corrected chi connectivity index (χ3v) is 3.97. The van der Waals surface area contributed by atoms with Crippen molar-refractivity contribution >= 4 is 37.0 Å². The predicted octanol–water partition coefficient (Wildman–Crippen LogP) is 3.37. The number of halogens is 2. The van der Waals surface area contributed by atoms with Gasteiger partial charge in [-0.1, -0.05) is 11.6 Å². The van der Waals surface area contributed by atoms with Crippen molar-refractivity contribution in [1.29, 1.82) is 0 Å². The van der Waals surface area contributed by atoms with Crippen LogP contribution in [0.25, 0.3) is 0 Å². The van der Waals surface area contributed by atoms with Crippen molar-refractivity contribution in [3.05, 3.63) is 33.3 Å².